The van der Waals surface area contributed by atoms with Gasteiger partial charge in [-0.25, -0.2) is 0 Å². The van der Waals surface area contributed by atoms with Gasteiger partial charge in [0.05, 0.1) is 12.7 Å². The fourth-order valence-electron chi connectivity index (χ4n) is 1.76. The Bertz CT molecular complexity index is 197. The molecule has 1 atom stereocenters. The number of hydrogen-bond donors (Lipinski definition) is 0. The van der Waals surface area contributed by atoms with Crippen molar-refractivity contribution in [1.29, 1.82) is 0 Å². The Balaban J connectivity index is 2.05. The van der Waals surface area contributed by atoms with E-state index in [-0.39, 0.29) is 11.9 Å². The van der Waals surface area contributed by atoms with Crippen molar-refractivity contribution in [2.24, 2.45) is 0 Å². The molecule has 0 amide bonds. The highest BCUT2D eigenvalue weighted by Crippen LogP contribution is 2.24. The predicted molar refractivity (Wildman–Crippen MR) is 62.8 cm³/mol. The van der Waals surface area contributed by atoms with Crippen molar-refractivity contribution in [1.82, 2.24) is 0 Å². The molecule has 1 aliphatic heterocycles. The van der Waals surface area contributed by atoms with Crippen LogP contribution in [0.5, 0.6) is 0 Å². The van der Waals surface area contributed by atoms with Crippen molar-refractivity contribution in [3.05, 3.63) is 12.2 Å². The van der Waals surface area contributed by atoms with E-state index in [9.17, 15) is 0 Å². The molecule has 0 aromatic heterocycles. The molecular weight excluding hydrogens is 188 g/mol. The fourth-order valence-corrected chi connectivity index (χ4v) is 1.76. The van der Waals surface area contributed by atoms with Crippen molar-refractivity contribution in [2.75, 3.05) is 6.61 Å². The van der Waals surface area contributed by atoms with Crippen LogP contribution in [0, 0.1) is 0 Å². The first-order valence-electron chi connectivity index (χ1n) is 6.11. The SMILES string of the molecule is CCCCC/C=C\CC1COC(C)(C)O1. The second-order valence-corrected chi connectivity index (χ2v) is 4.65. The number of allylic oxidation sites excluding steroid dienone is 1. The van der Waals surface area contributed by atoms with Crippen molar-refractivity contribution < 1.29 is 9.47 Å². The molecule has 0 N–H and O–H groups in total. The quantitative estimate of drug-likeness (QED) is 0.494. The molecule has 0 aromatic carbocycles. The monoisotopic (exact) mass is 212 g/mol. The predicted octanol–water partition coefficient (Wildman–Crippen LogP) is 3.66. The minimum Gasteiger partial charge on any atom is -0.348 e. The van der Waals surface area contributed by atoms with Crippen LogP contribution in [-0.2, 0) is 9.47 Å². The van der Waals surface area contributed by atoms with Crippen LogP contribution >= 0.6 is 0 Å². The van der Waals surface area contributed by atoms with Gasteiger partial charge in [0, 0.05) is 0 Å². The van der Waals surface area contributed by atoms with Crippen LogP contribution in [0.3, 0.4) is 0 Å². The van der Waals surface area contributed by atoms with E-state index in [4.69, 9.17) is 9.47 Å². The number of ether oxygens (including phenoxy) is 2. The van der Waals surface area contributed by atoms with Gasteiger partial charge in [0.2, 0.25) is 0 Å². The van der Waals surface area contributed by atoms with E-state index in [1.54, 1.807) is 0 Å². The third kappa shape index (κ3) is 5.33. The van der Waals surface area contributed by atoms with Crippen LogP contribution in [-0.4, -0.2) is 18.5 Å². The minimum absolute atomic E-state index is 0.252. The molecule has 1 saturated heterocycles. The molecule has 1 rings (SSSR count). The van der Waals surface area contributed by atoms with Crippen LogP contribution in [0.4, 0.5) is 0 Å². The Morgan fingerprint density at radius 2 is 2.07 bits per heavy atom. The van der Waals surface area contributed by atoms with Crippen molar-refractivity contribution >= 4 is 0 Å². The van der Waals surface area contributed by atoms with Crippen molar-refractivity contribution in [3.63, 3.8) is 0 Å². The first-order chi connectivity index (χ1) is 7.14. The summed E-state index contributed by atoms with van der Waals surface area (Å²) < 4.78 is 11.2. The maximum Gasteiger partial charge on any atom is 0.163 e. The van der Waals surface area contributed by atoms with Crippen LogP contribution in [0.2, 0.25) is 0 Å². The Hall–Kier alpha value is -0.340. The third-order valence-electron chi connectivity index (χ3n) is 2.61. The van der Waals surface area contributed by atoms with Gasteiger partial charge in [0.15, 0.2) is 5.79 Å². The molecule has 2 nitrogen and oxygen atoms in total. The average molecular weight is 212 g/mol. The molecule has 1 fully saturated rings. The summed E-state index contributed by atoms with van der Waals surface area (Å²) in [6.45, 7) is 6.90. The van der Waals surface area contributed by atoms with Gasteiger partial charge in [-0.05, 0) is 33.1 Å². The van der Waals surface area contributed by atoms with Crippen molar-refractivity contribution in [2.45, 2.75) is 64.8 Å². The number of hydrogen-bond acceptors (Lipinski definition) is 2. The summed E-state index contributed by atoms with van der Waals surface area (Å²) in [6.07, 6.45) is 10.9. The van der Waals surface area contributed by atoms with Gasteiger partial charge in [-0.1, -0.05) is 31.9 Å². The molecule has 0 bridgehead atoms. The standard InChI is InChI=1S/C13H24O2/c1-4-5-6-7-8-9-10-12-11-14-13(2,3)15-12/h8-9,12H,4-7,10-11H2,1-3H3/b9-8-. The van der Waals surface area contributed by atoms with E-state index in [0.29, 0.717) is 0 Å². The fraction of sp³-hybridized carbons (Fsp3) is 0.846. The smallest absolute Gasteiger partial charge is 0.163 e. The molecule has 1 aliphatic rings. The van der Waals surface area contributed by atoms with Crippen molar-refractivity contribution in [3.8, 4) is 0 Å². The van der Waals surface area contributed by atoms with Gasteiger partial charge >= 0.3 is 0 Å². The Morgan fingerprint density at radius 1 is 1.27 bits per heavy atom. The zero-order valence-electron chi connectivity index (χ0n) is 10.3. The zero-order valence-corrected chi connectivity index (χ0v) is 10.3. The Kier molecular flexibility index (Phi) is 5.34. The summed E-state index contributed by atoms with van der Waals surface area (Å²) >= 11 is 0. The summed E-state index contributed by atoms with van der Waals surface area (Å²) in [5, 5.41) is 0. The lowest BCUT2D eigenvalue weighted by Gasteiger charge is -2.16. The van der Waals surface area contributed by atoms with E-state index in [1.165, 1.54) is 25.7 Å². The van der Waals surface area contributed by atoms with Gasteiger partial charge < -0.3 is 9.47 Å². The summed E-state index contributed by atoms with van der Waals surface area (Å²) in [4.78, 5) is 0. The summed E-state index contributed by atoms with van der Waals surface area (Å²) in [7, 11) is 0. The highest BCUT2D eigenvalue weighted by Gasteiger charge is 2.31. The number of unbranched alkanes of at least 4 members (excludes halogenated alkanes) is 3. The molecule has 88 valence electrons. The lowest BCUT2D eigenvalue weighted by Crippen LogP contribution is -2.21. The molecular formula is C13H24O2. The zero-order chi connectivity index (χ0) is 11.1. The van der Waals surface area contributed by atoms with E-state index < -0.39 is 0 Å². The average Bonchev–Trinajstić information content (AvgIpc) is 2.52. The van der Waals surface area contributed by atoms with Gasteiger partial charge in [-0.2, -0.15) is 0 Å². The van der Waals surface area contributed by atoms with E-state index in [0.717, 1.165) is 13.0 Å². The van der Waals surface area contributed by atoms with Gasteiger partial charge in [0.1, 0.15) is 0 Å². The van der Waals surface area contributed by atoms with Crippen LogP contribution in [0.25, 0.3) is 0 Å². The topological polar surface area (TPSA) is 18.5 Å². The van der Waals surface area contributed by atoms with Gasteiger partial charge in [-0.15, -0.1) is 0 Å². The first-order valence-corrected chi connectivity index (χ1v) is 6.11. The summed E-state index contributed by atoms with van der Waals surface area (Å²) in [6, 6.07) is 0. The highest BCUT2D eigenvalue weighted by atomic mass is 16.7. The Labute approximate surface area is 93.7 Å². The first kappa shape index (κ1) is 12.7. The van der Waals surface area contributed by atoms with Gasteiger partial charge in [-0.3, -0.25) is 0 Å². The minimum atomic E-state index is -0.374. The lowest BCUT2D eigenvalue weighted by atomic mass is 10.2. The molecule has 1 unspecified atom stereocenters. The maximum atomic E-state index is 5.70. The molecule has 0 spiro atoms. The second-order valence-electron chi connectivity index (χ2n) is 4.65. The Morgan fingerprint density at radius 3 is 2.67 bits per heavy atom. The van der Waals surface area contributed by atoms with Crippen LogP contribution in [0.1, 0.15) is 52.9 Å². The van der Waals surface area contributed by atoms with Crippen LogP contribution < -0.4 is 0 Å². The van der Waals surface area contributed by atoms with E-state index in [2.05, 4.69) is 19.1 Å². The molecule has 1 heterocycles. The molecule has 2 heteroatoms. The molecule has 0 saturated carbocycles. The van der Waals surface area contributed by atoms with E-state index >= 15 is 0 Å². The second kappa shape index (κ2) is 6.29. The normalized spacial score (nSPS) is 25.1. The van der Waals surface area contributed by atoms with Gasteiger partial charge in [0.25, 0.3) is 0 Å². The van der Waals surface area contributed by atoms with Crippen LogP contribution in [0.15, 0.2) is 12.2 Å². The summed E-state index contributed by atoms with van der Waals surface area (Å²) in [5.41, 5.74) is 0. The molecule has 0 radical (unpaired) electrons. The summed E-state index contributed by atoms with van der Waals surface area (Å²) in [5.74, 6) is -0.374. The largest absolute Gasteiger partial charge is 0.348 e. The molecule has 15 heavy (non-hydrogen) atoms. The lowest BCUT2D eigenvalue weighted by molar-refractivity contribution is -0.137. The molecule has 0 aliphatic carbocycles. The maximum absolute atomic E-state index is 5.70. The third-order valence-corrected chi connectivity index (χ3v) is 2.61. The molecule has 0 aromatic rings. The highest BCUT2D eigenvalue weighted by molar-refractivity contribution is 4.86. The number of rotatable bonds is 6. The van der Waals surface area contributed by atoms with E-state index in [1.807, 2.05) is 13.8 Å².